The molecule has 38 heavy (non-hydrogen) atoms. The van der Waals surface area contributed by atoms with Gasteiger partial charge in [0.15, 0.2) is 16.7 Å². The molecule has 0 aliphatic rings. The van der Waals surface area contributed by atoms with Gasteiger partial charge in [-0.05, 0) is 43.2 Å². The summed E-state index contributed by atoms with van der Waals surface area (Å²) in [4.78, 5) is 27.9. The molecule has 0 unspecified atom stereocenters. The van der Waals surface area contributed by atoms with Crippen molar-refractivity contribution in [2.75, 3.05) is 0 Å². The maximum absolute atomic E-state index is 15.1. The molecule has 0 saturated carbocycles. The van der Waals surface area contributed by atoms with E-state index in [9.17, 15) is 23.2 Å². The largest absolute Gasteiger partial charge is 0.490 e. The minimum atomic E-state index is -5.08. The lowest BCUT2D eigenvalue weighted by Crippen LogP contribution is -2.24. The molecule has 1 aromatic heterocycles. The summed E-state index contributed by atoms with van der Waals surface area (Å²) in [5, 5.41) is 19.0. The number of carbonyl (C=O) groups excluding carboxylic acids is 1. The Morgan fingerprint density at radius 2 is 1.95 bits per heavy atom. The number of alkyl halides is 3. The van der Waals surface area contributed by atoms with E-state index in [0.29, 0.717) is 17.8 Å². The number of ether oxygens (including phenoxy) is 1. The number of amides is 1. The fourth-order valence-electron chi connectivity index (χ4n) is 2.87. The van der Waals surface area contributed by atoms with E-state index in [4.69, 9.17) is 37.8 Å². The van der Waals surface area contributed by atoms with Crippen LogP contribution in [0.15, 0.2) is 43.0 Å². The summed E-state index contributed by atoms with van der Waals surface area (Å²) in [6.07, 6.45) is -2.88. The normalized spacial score (nSPS) is 10.6. The topological polar surface area (TPSA) is 128 Å². The van der Waals surface area contributed by atoms with Crippen LogP contribution < -0.4 is 10.1 Å². The number of allylic oxidation sites excluding steroid dienone is 1. The first-order valence-electron chi connectivity index (χ1n) is 10.4. The zero-order valence-electron chi connectivity index (χ0n) is 19.4. The van der Waals surface area contributed by atoms with Gasteiger partial charge in [-0.25, -0.2) is 14.2 Å². The van der Waals surface area contributed by atoms with E-state index in [1.54, 1.807) is 25.1 Å². The second kappa shape index (κ2) is 12.9. The molecule has 0 bridgehead atoms. The van der Waals surface area contributed by atoms with Gasteiger partial charge in [0.25, 0.3) is 5.91 Å². The highest BCUT2D eigenvalue weighted by Crippen LogP contribution is 2.35. The number of carboxylic acids is 1. The lowest BCUT2D eigenvalue weighted by atomic mass is 10.1. The number of nitrogens with zero attached hydrogens (tertiary/aromatic N) is 2. The summed E-state index contributed by atoms with van der Waals surface area (Å²) in [5.41, 5.74) is 1.40. The van der Waals surface area contributed by atoms with Crippen LogP contribution in [0.5, 0.6) is 11.5 Å². The summed E-state index contributed by atoms with van der Waals surface area (Å²) in [6.45, 7) is 5.20. The van der Waals surface area contributed by atoms with Gasteiger partial charge in [-0.15, -0.1) is 6.58 Å². The number of carbonyl (C=O) groups is 2. The van der Waals surface area contributed by atoms with Crippen molar-refractivity contribution in [3.05, 3.63) is 87.2 Å². The first kappa shape index (κ1) is 30.1. The van der Waals surface area contributed by atoms with Crippen LogP contribution in [-0.4, -0.2) is 33.1 Å². The molecule has 0 spiro atoms. The van der Waals surface area contributed by atoms with Crippen molar-refractivity contribution < 1.29 is 37.0 Å². The standard InChI is InChI=1S/C22H17Cl2FN4O2.C2HF3O2/c1-3-4-13-7-14(10-26)9-16(8-13)31-20-17(23)6-5-15(18(20)25)11-27-22(30)19-21(24)29-12(2)28-19;3-2(4,5)1(6)7/h3,5-9H,1,4,11H2,2H3,(H,27,30)(H,28,29);(H,6,7). The van der Waals surface area contributed by atoms with Crippen LogP contribution in [0.4, 0.5) is 17.6 Å². The number of hydrogen-bond donors (Lipinski definition) is 3. The van der Waals surface area contributed by atoms with E-state index < -0.39 is 23.9 Å². The van der Waals surface area contributed by atoms with Crippen molar-refractivity contribution in [3.63, 3.8) is 0 Å². The van der Waals surface area contributed by atoms with E-state index >= 15 is 4.39 Å². The van der Waals surface area contributed by atoms with Crippen molar-refractivity contribution in [1.29, 1.82) is 5.26 Å². The highest BCUT2D eigenvalue weighted by molar-refractivity contribution is 6.32. The maximum Gasteiger partial charge on any atom is 0.490 e. The Morgan fingerprint density at radius 3 is 2.47 bits per heavy atom. The van der Waals surface area contributed by atoms with Crippen LogP contribution >= 0.6 is 23.2 Å². The molecule has 0 atom stereocenters. The number of aliphatic carboxylic acids is 1. The van der Waals surface area contributed by atoms with Crippen LogP contribution in [-0.2, 0) is 17.8 Å². The van der Waals surface area contributed by atoms with Crippen molar-refractivity contribution in [3.8, 4) is 17.6 Å². The second-order valence-electron chi connectivity index (χ2n) is 7.40. The van der Waals surface area contributed by atoms with Crippen molar-refractivity contribution in [1.82, 2.24) is 15.3 Å². The number of H-pyrrole nitrogens is 1. The number of imidazole rings is 1. The van der Waals surface area contributed by atoms with E-state index in [2.05, 4.69) is 21.9 Å². The van der Waals surface area contributed by atoms with Crippen molar-refractivity contribution in [2.24, 2.45) is 0 Å². The zero-order valence-corrected chi connectivity index (χ0v) is 20.9. The Kier molecular flexibility index (Phi) is 10.3. The Labute approximate surface area is 223 Å². The minimum Gasteiger partial charge on any atom is -0.475 e. The number of benzene rings is 2. The monoisotopic (exact) mass is 572 g/mol. The number of aromatic nitrogens is 2. The Bertz CT molecular complexity index is 1400. The number of aromatic amines is 1. The van der Waals surface area contributed by atoms with Gasteiger partial charge in [-0.3, -0.25) is 4.79 Å². The molecule has 200 valence electrons. The van der Waals surface area contributed by atoms with E-state index in [1.165, 1.54) is 18.2 Å². The Morgan fingerprint density at radius 1 is 1.29 bits per heavy atom. The van der Waals surface area contributed by atoms with Crippen molar-refractivity contribution in [2.45, 2.75) is 26.1 Å². The number of rotatable bonds is 7. The molecule has 14 heteroatoms. The molecule has 1 heterocycles. The molecule has 0 aliphatic carbocycles. The molecule has 3 aromatic rings. The average molecular weight is 573 g/mol. The molecule has 8 nitrogen and oxygen atoms in total. The number of nitriles is 1. The molecule has 2 aromatic carbocycles. The third-order valence-electron chi connectivity index (χ3n) is 4.51. The number of aryl methyl sites for hydroxylation is 1. The van der Waals surface area contributed by atoms with Crippen LogP contribution in [0.3, 0.4) is 0 Å². The third kappa shape index (κ3) is 8.22. The fraction of sp³-hybridized carbons (Fsp3) is 0.167. The highest BCUT2D eigenvalue weighted by atomic mass is 35.5. The van der Waals surface area contributed by atoms with Gasteiger partial charge in [0.1, 0.15) is 17.3 Å². The lowest BCUT2D eigenvalue weighted by Gasteiger charge is -2.13. The molecular formula is C24H18Cl2F4N4O4. The Balaban J connectivity index is 0.000000638. The summed E-state index contributed by atoms with van der Waals surface area (Å²) in [5.74, 6) is -3.47. The molecule has 0 aliphatic heterocycles. The fourth-order valence-corrected chi connectivity index (χ4v) is 3.31. The maximum atomic E-state index is 15.1. The van der Waals surface area contributed by atoms with Crippen LogP contribution in [0.1, 0.15) is 33.0 Å². The first-order valence-corrected chi connectivity index (χ1v) is 11.1. The summed E-state index contributed by atoms with van der Waals surface area (Å²) < 4.78 is 52.5. The van der Waals surface area contributed by atoms with Gasteiger partial charge < -0.3 is 20.1 Å². The average Bonchev–Trinajstić information content (AvgIpc) is 3.18. The quantitative estimate of drug-likeness (QED) is 0.231. The minimum absolute atomic E-state index is 0.0308. The molecule has 3 N–H and O–H groups in total. The predicted molar refractivity (Wildman–Crippen MR) is 130 cm³/mol. The molecule has 0 radical (unpaired) electrons. The number of hydrogen-bond acceptors (Lipinski definition) is 5. The van der Waals surface area contributed by atoms with Gasteiger partial charge in [0.2, 0.25) is 0 Å². The molecule has 0 saturated heterocycles. The number of nitrogens with one attached hydrogen (secondary N) is 2. The van der Waals surface area contributed by atoms with E-state index in [-0.39, 0.29) is 39.5 Å². The van der Waals surface area contributed by atoms with Crippen LogP contribution in [0.2, 0.25) is 10.2 Å². The van der Waals surface area contributed by atoms with Gasteiger partial charge >= 0.3 is 12.1 Å². The van der Waals surface area contributed by atoms with E-state index in [0.717, 1.165) is 5.56 Å². The molecular weight excluding hydrogens is 555 g/mol. The summed E-state index contributed by atoms with van der Waals surface area (Å²) in [6, 6.07) is 9.81. The zero-order chi connectivity index (χ0) is 28.6. The smallest absolute Gasteiger partial charge is 0.475 e. The summed E-state index contributed by atoms with van der Waals surface area (Å²) in [7, 11) is 0. The van der Waals surface area contributed by atoms with E-state index in [1.807, 2.05) is 6.07 Å². The number of halogens is 6. The predicted octanol–water partition coefficient (Wildman–Crippen LogP) is 6.12. The van der Waals surface area contributed by atoms with Crippen molar-refractivity contribution >= 4 is 35.1 Å². The van der Waals surface area contributed by atoms with Gasteiger partial charge in [0, 0.05) is 12.1 Å². The number of carboxylic acid groups (broad SMARTS) is 1. The van der Waals surface area contributed by atoms with Crippen LogP contribution in [0.25, 0.3) is 0 Å². The lowest BCUT2D eigenvalue weighted by molar-refractivity contribution is -0.192. The molecule has 3 rings (SSSR count). The highest BCUT2D eigenvalue weighted by Gasteiger charge is 2.38. The third-order valence-corrected chi connectivity index (χ3v) is 5.08. The van der Waals surface area contributed by atoms with Gasteiger partial charge in [-0.1, -0.05) is 35.3 Å². The SMILES string of the molecule is C=CCc1cc(C#N)cc(Oc2c(Cl)ccc(CNC(=O)c3[nH]c(C)nc3Cl)c2F)c1.O=C(O)C(F)(F)F. The van der Waals surface area contributed by atoms with Crippen LogP contribution in [0, 0.1) is 24.1 Å². The molecule has 1 amide bonds. The second-order valence-corrected chi connectivity index (χ2v) is 8.16. The Hall–Kier alpha value is -4.08. The first-order chi connectivity index (χ1) is 17.8. The molecule has 0 fully saturated rings. The summed E-state index contributed by atoms with van der Waals surface area (Å²) >= 11 is 12.0. The van der Waals surface area contributed by atoms with Gasteiger partial charge in [-0.2, -0.15) is 18.4 Å². The van der Waals surface area contributed by atoms with Gasteiger partial charge in [0.05, 0.1) is 16.7 Å².